The maximum Gasteiger partial charge on any atom is 0.258 e. The molecule has 0 aliphatic carbocycles. The van der Waals surface area contributed by atoms with Crippen LogP contribution in [0.15, 0.2) is 24.5 Å². The quantitative estimate of drug-likeness (QED) is 0.693. The second-order valence-corrected chi connectivity index (χ2v) is 3.29. The molecule has 0 saturated heterocycles. The van der Waals surface area contributed by atoms with Gasteiger partial charge in [-0.25, -0.2) is 8.78 Å². The van der Waals surface area contributed by atoms with E-state index in [9.17, 15) is 13.6 Å². The summed E-state index contributed by atoms with van der Waals surface area (Å²) in [4.78, 5) is 11.6. The SMILES string of the molecule is Nc1cc(F)cc(F)c1NC(=O)c1cn[nH]c1. The molecule has 17 heavy (non-hydrogen) atoms. The van der Waals surface area contributed by atoms with Crippen LogP contribution < -0.4 is 11.1 Å². The Bertz CT molecular complexity index is 530. The third-order valence-electron chi connectivity index (χ3n) is 2.08. The number of benzene rings is 1. The fourth-order valence-electron chi connectivity index (χ4n) is 1.29. The zero-order chi connectivity index (χ0) is 12.4. The molecule has 1 amide bonds. The average Bonchev–Trinajstić information content (AvgIpc) is 2.76. The van der Waals surface area contributed by atoms with Crippen LogP contribution in [0, 0.1) is 11.6 Å². The Kier molecular flexibility index (Phi) is 2.73. The summed E-state index contributed by atoms with van der Waals surface area (Å²) < 4.78 is 26.1. The van der Waals surface area contributed by atoms with E-state index in [-0.39, 0.29) is 16.9 Å². The summed E-state index contributed by atoms with van der Waals surface area (Å²) in [7, 11) is 0. The van der Waals surface area contributed by atoms with E-state index >= 15 is 0 Å². The fourth-order valence-corrected chi connectivity index (χ4v) is 1.29. The zero-order valence-electron chi connectivity index (χ0n) is 8.50. The number of nitrogens with two attached hydrogens (primary N) is 1. The van der Waals surface area contributed by atoms with Crippen LogP contribution in [0.25, 0.3) is 0 Å². The number of nitrogen functional groups attached to an aromatic ring is 1. The number of carbonyl (C=O) groups excluding carboxylic acids is 1. The number of nitrogens with one attached hydrogen (secondary N) is 2. The van der Waals surface area contributed by atoms with Crippen LogP contribution in [0.1, 0.15) is 10.4 Å². The molecule has 0 saturated carbocycles. The molecular weight excluding hydrogens is 230 g/mol. The van der Waals surface area contributed by atoms with Crippen LogP contribution in [0.4, 0.5) is 20.2 Å². The molecule has 4 N–H and O–H groups in total. The molecule has 0 aliphatic rings. The van der Waals surface area contributed by atoms with Crippen molar-refractivity contribution in [1.82, 2.24) is 10.2 Å². The first kappa shape index (κ1) is 11.1. The number of rotatable bonds is 2. The van der Waals surface area contributed by atoms with Crippen LogP contribution >= 0.6 is 0 Å². The lowest BCUT2D eigenvalue weighted by atomic mass is 10.2. The second-order valence-electron chi connectivity index (χ2n) is 3.29. The fraction of sp³-hybridized carbons (Fsp3) is 0. The topological polar surface area (TPSA) is 83.8 Å². The highest BCUT2D eigenvalue weighted by molar-refractivity contribution is 6.05. The van der Waals surface area contributed by atoms with Gasteiger partial charge in [-0.2, -0.15) is 5.10 Å². The van der Waals surface area contributed by atoms with Crippen LogP contribution in [0.2, 0.25) is 0 Å². The maximum absolute atomic E-state index is 13.4. The smallest absolute Gasteiger partial charge is 0.258 e. The van der Waals surface area contributed by atoms with Gasteiger partial charge < -0.3 is 11.1 Å². The lowest BCUT2D eigenvalue weighted by molar-refractivity contribution is 0.102. The van der Waals surface area contributed by atoms with Gasteiger partial charge in [-0.3, -0.25) is 9.89 Å². The Labute approximate surface area is 94.6 Å². The number of aromatic nitrogens is 2. The van der Waals surface area contributed by atoms with E-state index in [1.165, 1.54) is 12.4 Å². The first-order valence-corrected chi connectivity index (χ1v) is 4.62. The number of anilines is 2. The summed E-state index contributed by atoms with van der Waals surface area (Å²) in [5.74, 6) is -2.32. The van der Waals surface area contributed by atoms with Crippen molar-refractivity contribution in [3.05, 3.63) is 41.7 Å². The summed E-state index contributed by atoms with van der Waals surface area (Å²) in [6.45, 7) is 0. The Morgan fingerprint density at radius 1 is 1.41 bits per heavy atom. The van der Waals surface area contributed by atoms with E-state index < -0.39 is 17.5 Å². The van der Waals surface area contributed by atoms with Crippen molar-refractivity contribution in [3.63, 3.8) is 0 Å². The monoisotopic (exact) mass is 238 g/mol. The molecule has 0 spiro atoms. The number of hydrogen-bond donors (Lipinski definition) is 3. The minimum atomic E-state index is -0.931. The molecule has 2 rings (SSSR count). The molecule has 1 aromatic heterocycles. The molecule has 0 radical (unpaired) electrons. The number of hydrogen-bond acceptors (Lipinski definition) is 3. The number of halogens is 2. The van der Waals surface area contributed by atoms with Gasteiger partial charge in [0.2, 0.25) is 0 Å². The highest BCUT2D eigenvalue weighted by Gasteiger charge is 2.14. The predicted molar refractivity (Wildman–Crippen MR) is 57.3 cm³/mol. The van der Waals surface area contributed by atoms with Gasteiger partial charge in [-0.05, 0) is 6.07 Å². The third kappa shape index (κ3) is 2.22. The lowest BCUT2D eigenvalue weighted by Crippen LogP contribution is -2.14. The molecule has 88 valence electrons. The summed E-state index contributed by atoms with van der Waals surface area (Å²) in [6, 6.07) is 1.56. The summed E-state index contributed by atoms with van der Waals surface area (Å²) in [5, 5.41) is 8.25. The molecule has 0 atom stereocenters. The summed E-state index contributed by atoms with van der Waals surface area (Å²) in [6.07, 6.45) is 2.61. The highest BCUT2D eigenvalue weighted by atomic mass is 19.1. The van der Waals surface area contributed by atoms with E-state index in [4.69, 9.17) is 5.73 Å². The molecule has 0 bridgehead atoms. The number of carbonyl (C=O) groups is 1. The second kappa shape index (κ2) is 4.20. The average molecular weight is 238 g/mol. The van der Waals surface area contributed by atoms with Gasteiger partial charge in [0.1, 0.15) is 11.5 Å². The number of nitrogens with zero attached hydrogens (tertiary/aromatic N) is 1. The Balaban J connectivity index is 2.28. The van der Waals surface area contributed by atoms with E-state index in [0.29, 0.717) is 6.07 Å². The standard InChI is InChI=1S/C10H8F2N4O/c11-6-1-7(12)9(8(13)2-6)16-10(17)5-3-14-15-4-5/h1-4H,13H2,(H,14,15)(H,16,17). The minimum absolute atomic E-state index is 0.181. The predicted octanol–water partition coefficient (Wildman–Crippen LogP) is 1.52. The van der Waals surface area contributed by atoms with E-state index in [1.807, 2.05) is 0 Å². The van der Waals surface area contributed by atoms with Crippen molar-refractivity contribution in [2.24, 2.45) is 0 Å². The number of aromatic amines is 1. The Hall–Kier alpha value is -2.44. The third-order valence-corrected chi connectivity index (χ3v) is 2.08. The van der Waals surface area contributed by atoms with Crippen molar-refractivity contribution < 1.29 is 13.6 Å². The summed E-state index contributed by atoms with van der Waals surface area (Å²) >= 11 is 0. The van der Waals surface area contributed by atoms with Gasteiger partial charge in [0.25, 0.3) is 5.91 Å². The molecule has 7 heteroatoms. The highest BCUT2D eigenvalue weighted by Crippen LogP contribution is 2.24. The molecule has 0 aliphatic heterocycles. The molecule has 1 heterocycles. The van der Waals surface area contributed by atoms with E-state index in [0.717, 1.165) is 6.07 Å². The Morgan fingerprint density at radius 3 is 2.76 bits per heavy atom. The molecule has 0 fully saturated rings. The number of H-pyrrole nitrogens is 1. The first-order chi connectivity index (χ1) is 8.08. The maximum atomic E-state index is 13.4. The van der Waals surface area contributed by atoms with Crippen molar-refractivity contribution in [1.29, 1.82) is 0 Å². The van der Waals surface area contributed by atoms with Crippen LogP contribution in [-0.4, -0.2) is 16.1 Å². The van der Waals surface area contributed by atoms with Gasteiger partial charge in [-0.15, -0.1) is 0 Å². The molecule has 0 unspecified atom stereocenters. The van der Waals surface area contributed by atoms with Gasteiger partial charge >= 0.3 is 0 Å². The normalized spacial score (nSPS) is 10.2. The molecule has 1 aromatic carbocycles. The summed E-state index contributed by atoms with van der Waals surface area (Å²) in [5.41, 5.74) is 5.19. The minimum Gasteiger partial charge on any atom is -0.397 e. The molecular formula is C10H8F2N4O. The largest absolute Gasteiger partial charge is 0.397 e. The Morgan fingerprint density at radius 2 is 2.18 bits per heavy atom. The van der Waals surface area contributed by atoms with Crippen molar-refractivity contribution >= 4 is 17.3 Å². The van der Waals surface area contributed by atoms with Crippen molar-refractivity contribution in [3.8, 4) is 0 Å². The first-order valence-electron chi connectivity index (χ1n) is 4.62. The van der Waals surface area contributed by atoms with Crippen LogP contribution in [0.3, 0.4) is 0 Å². The molecule has 2 aromatic rings. The van der Waals surface area contributed by atoms with Gasteiger partial charge in [0.05, 0.1) is 17.4 Å². The number of amides is 1. The van der Waals surface area contributed by atoms with Crippen LogP contribution in [0.5, 0.6) is 0 Å². The van der Waals surface area contributed by atoms with Gasteiger partial charge in [0.15, 0.2) is 5.82 Å². The van der Waals surface area contributed by atoms with Crippen molar-refractivity contribution in [2.75, 3.05) is 11.1 Å². The van der Waals surface area contributed by atoms with E-state index in [1.54, 1.807) is 0 Å². The molecule has 5 nitrogen and oxygen atoms in total. The van der Waals surface area contributed by atoms with Crippen molar-refractivity contribution in [2.45, 2.75) is 0 Å². The van der Waals surface area contributed by atoms with Gasteiger partial charge in [-0.1, -0.05) is 0 Å². The lowest BCUT2D eigenvalue weighted by Gasteiger charge is -2.08. The van der Waals surface area contributed by atoms with E-state index in [2.05, 4.69) is 15.5 Å². The van der Waals surface area contributed by atoms with Crippen LogP contribution in [-0.2, 0) is 0 Å². The zero-order valence-corrected chi connectivity index (χ0v) is 8.50. The van der Waals surface area contributed by atoms with Gasteiger partial charge in [0, 0.05) is 12.3 Å².